The fraction of sp³-hybridized carbons (Fsp3) is 0.158. The van der Waals surface area contributed by atoms with Crippen molar-refractivity contribution in [1.29, 1.82) is 5.26 Å². The van der Waals surface area contributed by atoms with E-state index in [-0.39, 0.29) is 30.1 Å². The van der Waals surface area contributed by atoms with Gasteiger partial charge in [-0.05, 0) is 37.3 Å². The summed E-state index contributed by atoms with van der Waals surface area (Å²) in [4.78, 5) is 18.2. The maximum Gasteiger partial charge on any atom is 0.258 e. The number of carbonyl (C=O) groups is 1. The van der Waals surface area contributed by atoms with Gasteiger partial charge in [0.05, 0.1) is 12.5 Å². The second-order valence-corrected chi connectivity index (χ2v) is 5.71. The van der Waals surface area contributed by atoms with Gasteiger partial charge in [-0.15, -0.1) is 0 Å². The van der Waals surface area contributed by atoms with Crippen LogP contribution in [0, 0.1) is 24.1 Å². The van der Waals surface area contributed by atoms with Crippen LogP contribution >= 0.6 is 0 Å². The molecule has 0 fully saturated rings. The highest BCUT2D eigenvalue weighted by atomic mass is 19.1. The zero-order valence-electron chi connectivity index (χ0n) is 14.1. The van der Waals surface area contributed by atoms with E-state index in [1.54, 1.807) is 0 Å². The standard InChI is InChI=1S/C19H16FN5O/c1-14-3-6-16(7-4-14)24(10-2-9-21)19(26)15-5-8-18(17(20)11-15)25-13-22-12-23-25/h3-8,11-13H,2,10H2,1H3. The number of rotatable bonds is 5. The first-order valence-electron chi connectivity index (χ1n) is 8.00. The molecule has 3 aromatic rings. The van der Waals surface area contributed by atoms with Crippen molar-refractivity contribution >= 4 is 11.6 Å². The van der Waals surface area contributed by atoms with E-state index in [2.05, 4.69) is 10.1 Å². The lowest BCUT2D eigenvalue weighted by atomic mass is 10.1. The van der Waals surface area contributed by atoms with Crippen molar-refractivity contribution in [3.8, 4) is 11.8 Å². The van der Waals surface area contributed by atoms with Gasteiger partial charge in [0, 0.05) is 17.8 Å². The van der Waals surface area contributed by atoms with E-state index in [9.17, 15) is 9.18 Å². The summed E-state index contributed by atoms with van der Waals surface area (Å²) in [5.74, 6) is -0.946. The summed E-state index contributed by atoms with van der Waals surface area (Å²) in [5, 5.41) is 12.8. The van der Waals surface area contributed by atoms with Crippen LogP contribution < -0.4 is 4.90 Å². The predicted octanol–water partition coefficient (Wildman–Crippen LogP) is 3.28. The van der Waals surface area contributed by atoms with Gasteiger partial charge < -0.3 is 4.90 Å². The van der Waals surface area contributed by atoms with Crippen LogP contribution in [-0.4, -0.2) is 27.2 Å². The number of anilines is 1. The zero-order chi connectivity index (χ0) is 18.5. The Kier molecular flexibility index (Phi) is 5.04. The van der Waals surface area contributed by atoms with Crippen molar-refractivity contribution in [1.82, 2.24) is 14.8 Å². The van der Waals surface area contributed by atoms with E-state index in [1.165, 1.54) is 40.4 Å². The summed E-state index contributed by atoms with van der Waals surface area (Å²) < 4.78 is 15.7. The van der Waals surface area contributed by atoms with Crippen molar-refractivity contribution in [2.24, 2.45) is 0 Å². The fourth-order valence-corrected chi connectivity index (χ4v) is 2.55. The molecule has 6 nitrogen and oxygen atoms in total. The Labute approximate surface area is 150 Å². The highest BCUT2D eigenvalue weighted by Crippen LogP contribution is 2.21. The van der Waals surface area contributed by atoms with Crippen molar-refractivity contribution in [3.63, 3.8) is 0 Å². The molecule has 1 heterocycles. The van der Waals surface area contributed by atoms with Crippen LogP contribution in [0.5, 0.6) is 0 Å². The number of carbonyl (C=O) groups excluding carboxylic acids is 1. The topological polar surface area (TPSA) is 74.8 Å². The molecule has 2 aromatic carbocycles. The largest absolute Gasteiger partial charge is 0.307 e. The molecule has 130 valence electrons. The predicted molar refractivity (Wildman–Crippen MR) is 94.4 cm³/mol. The first-order valence-corrected chi connectivity index (χ1v) is 8.00. The highest BCUT2D eigenvalue weighted by molar-refractivity contribution is 6.06. The minimum absolute atomic E-state index is 0.180. The van der Waals surface area contributed by atoms with Crippen molar-refractivity contribution in [2.75, 3.05) is 11.4 Å². The molecular formula is C19H16FN5O. The second kappa shape index (κ2) is 7.57. The minimum atomic E-state index is -0.578. The van der Waals surface area contributed by atoms with Gasteiger partial charge in [-0.3, -0.25) is 4.79 Å². The molecule has 0 N–H and O–H groups in total. The number of nitriles is 1. The quantitative estimate of drug-likeness (QED) is 0.708. The van der Waals surface area contributed by atoms with Crippen LogP contribution in [0.2, 0.25) is 0 Å². The maximum atomic E-state index is 14.4. The Hall–Kier alpha value is -3.53. The average Bonchev–Trinajstić information content (AvgIpc) is 3.17. The number of aryl methyl sites for hydroxylation is 1. The van der Waals surface area contributed by atoms with Crippen molar-refractivity contribution in [3.05, 3.63) is 72.1 Å². The van der Waals surface area contributed by atoms with Crippen LogP contribution in [0.15, 0.2) is 55.1 Å². The molecule has 26 heavy (non-hydrogen) atoms. The van der Waals surface area contributed by atoms with Gasteiger partial charge in [0.2, 0.25) is 0 Å². The lowest BCUT2D eigenvalue weighted by Gasteiger charge is -2.22. The van der Waals surface area contributed by atoms with Crippen LogP contribution in [-0.2, 0) is 0 Å². The number of amides is 1. The highest BCUT2D eigenvalue weighted by Gasteiger charge is 2.19. The lowest BCUT2D eigenvalue weighted by Crippen LogP contribution is -2.32. The first kappa shape index (κ1) is 17.3. The number of benzene rings is 2. The minimum Gasteiger partial charge on any atom is -0.307 e. The molecule has 0 saturated heterocycles. The van der Waals surface area contributed by atoms with Gasteiger partial charge in [-0.25, -0.2) is 14.1 Å². The number of hydrogen-bond acceptors (Lipinski definition) is 4. The van der Waals surface area contributed by atoms with Gasteiger partial charge in [0.25, 0.3) is 5.91 Å². The third-order valence-corrected chi connectivity index (χ3v) is 3.90. The summed E-state index contributed by atoms with van der Waals surface area (Å²) in [6, 6.07) is 13.6. The second-order valence-electron chi connectivity index (χ2n) is 5.71. The molecule has 0 unspecified atom stereocenters. The number of nitrogens with zero attached hydrogens (tertiary/aromatic N) is 5. The van der Waals surface area contributed by atoms with E-state index in [1.807, 2.05) is 37.3 Å². The molecule has 0 saturated carbocycles. The smallest absolute Gasteiger partial charge is 0.258 e. The van der Waals surface area contributed by atoms with E-state index in [0.29, 0.717) is 5.69 Å². The molecule has 0 atom stereocenters. The normalized spacial score (nSPS) is 10.3. The summed E-state index contributed by atoms with van der Waals surface area (Å²) in [7, 11) is 0. The van der Waals surface area contributed by atoms with Gasteiger partial charge >= 0.3 is 0 Å². The van der Waals surface area contributed by atoms with Crippen LogP contribution in [0.3, 0.4) is 0 Å². The molecule has 0 aliphatic heterocycles. The third kappa shape index (κ3) is 3.59. The summed E-state index contributed by atoms with van der Waals surface area (Å²) in [6.07, 6.45) is 2.87. The summed E-state index contributed by atoms with van der Waals surface area (Å²) >= 11 is 0. The Morgan fingerprint density at radius 3 is 2.65 bits per heavy atom. The van der Waals surface area contributed by atoms with E-state index in [4.69, 9.17) is 5.26 Å². The molecule has 0 radical (unpaired) electrons. The van der Waals surface area contributed by atoms with E-state index < -0.39 is 5.82 Å². The number of halogens is 1. The Morgan fingerprint density at radius 1 is 1.27 bits per heavy atom. The van der Waals surface area contributed by atoms with Crippen LogP contribution in [0.4, 0.5) is 10.1 Å². The molecule has 0 aliphatic rings. The lowest BCUT2D eigenvalue weighted by molar-refractivity contribution is 0.0987. The van der Waals surface area contributed by atoms with Gasteiger partial charge in [0.15, 0.2) is 0 Å². The number of hydrogen-bond donors (Lipinski definition) is 0. The molecular weight excluding hydrogens is 333 g/mol. The summed E-state index contributed by atoms with van der Waals surface area (Å²) in [6.45, 7) is 2.17. The van der Waals surface area contributed by atoms with E-state index >= 15 is 0 Å². The van der Waals surface area contributed by atoms with Gasteiger partial charge in [0.1, 0.15) is 24.2 Å². The zero-order valence-corrected chi connectivity index (χ0v) is 14.1. The molecule has 3 rings (SSSR count). The summed E-state index contributed by atoms with van der Waals surface area (Å²) in [5.41, 5.74) is 2.13. The molecule has 7 heteroatoms. The Morgan fingerprint density at radius 2 is 2.04 bits per heavy atom. The van der Waals surface area contributed by atoms with Gasteiger partial charge in [-0.2, -0.15) is 10.4 Å². The molecule has 1 aromatic heterocycles. The average molecular weight is 349 g/mol. The first-order chi connectivity index (χ1) is 12.6. The SMILES string of the molecule is Cc1ccc(N(CCC#N)C(=O)c2ccc(-n3cncn3)c(F)c2)cc1. The Balaban J connectivity index is 1.92. The fourth-order valence-electron chi connectivity index (χ4n) is 2.55. The third-order valence-electron chi connectivity index (χ3n) is 3.90. The molecule has 1 amide bonds. The number of aromatic nitrogens is 3. The molecule has 0 bridgehead atoms. The maximum absolute atomic E-state index is 14.4. The molecule has 0 spiro atoms. The van der Waals surface area contributed by atoms with Gasteiger partial charge in [-0.1, -0.05) is 17.7 Å². The Bertz CT molecular complexity index is 945. The molecule has 0 aliphatic carbocycles. The van der Waals surface area contributed by atoms with Crippen molar-refractivity contribution in [2.45, 2.75) is 13.3 Å². The monoisotopic (exact) mass is 349 g/mol. The van der Waals surface area contributed by atoms with E-state index in [0.717, 1.165) is 5.56 Å². The van der Waals surface area contributed by atoms with Crippen LogP contribution in [0.1, 0.15) is 22.3 Å². The van der Waals surface area contributed by atoms with Crippen LogP contribution in [0.25, 0.3) is 5.69 Å². The van der Waals surface area contributed by atoms with Crippen molar-refractivity contribution < 1.29 is 9.18 Å².